The van der Waals surface area contributed by atoms with Crippen molar-refractivity contribution >= 4 is 21.8 Å². The average molecular weight is 236 g/mol. The summed E-state index contributed by atoms with van der Waals surface area (Å²) >= 11 is 3.53. The second-order valence-electron chi connectivity index (χ2n) is 3.10. The van der Waals surface area contributed by atoms with Gasteiger partial charge in [-0.05, 0) is 12.8 Å². The Labute approximate surface area is 83.0 Å². The lowest BCUT2D eigenvalue weighted by Gasteiger charge is -2.06. The number of hydrogen-bond donors (Lipinski definition) is 1. The molecule has 0 heterocycles. The summed E-state index contributed by atoms with van der Waals surface area (Å²) in [5, 5.41) is 0. The first-order chi connectivity index (χ1) is 5.66. The van der Waals surface area contributed by atoms with E-state index in [0.717, 1.165) is 12.8 Å². The molecular weight excluding hydrogens is 218 g/mol. The van der Waals surface area contributed by atoms with E-state index in [1.165, 1.54) is 19.3 Å². The van der Waals surface area contributed by atoms with Crippen molar-refractivity contribution in [3.05, 3.63) is 0 Å². The number of carbonyl (C=O) groups is 1. The zero-order valence-electron chi connectivity index (χ0n) is 7.68. The van der Waals surface area contributed by atoms with Gasteiger partial charge in [-0.1, -0.05) is 42.1 Å². The lowest BCUT2D eigenvalue weighted by molar-refractivity contribution is -0.118. The van der Waals surface area contributed by atoms with Gasteiger partial charge in [0.1, 0.15) is 0 Å². The second kappa shape index (κ2) is 7.59. The van der Waals surface area contributed by atoms with Crippen LogP contribution in [0.2, 0.25) is 0 Å². The molecule has 1 amide bonds. The van der Waals surface area contributed by atoms with E-state index in [9.17, 15) is 4.79 Å². The van der Waals surface area contributed by atoms with Gasteiger partial charge in [0, 0.05) is 11.2 Å². The molecule has 0 bridgehead atoms. The molecule has 0 saturated heterocycles. The fourth-order valence-corrected chi connectivity index (χ4v) is 1.61. The van der Waals surface area contributed by atoms with Gasteiger partial charge >= 0.3 is 0 Å². The maximum absolute atomic E-state index is 10.4. The van der Waals surface area contributed by atoms with E-state index in [1.54, 1.807) is 0 Å². The van der Waals surface area contributed by atoms with E-state index in [-0.39, 0.29) is 5.91 Å². The van der Waals surface area contributed by atoms with Crippen molar-refractivity contribution in [3.63, 3.8) is 0 Å². The van der Waals surface area contributed by atoms with E-state index in [4.69, 9.17) is 5.73 Å². The number of nitrogens with two attached hydrogens (primary N) is 1. The third-order valence-electron chi connectivity index (χ3n) is 1.82. The highest BCUT2D eigenvalue weighted by atomic mass is 79.9. The van der Waals surface area contributed by atoms with Crippen LogP contribution in [0.15, 0.2) is 0 Å². The molecule has 2 nitrogen and oxygen atoms in total. The Morgan fingerprint density at radius 1 is 1.42 bits per heavy atom. The highest BCUT2D eigenvalue weighted by Crippen LogP contribution is 2.15. The maximum atomic E-state index is 10.4. The monoisotopic (exact) mass is 235 g/mol. The molecule has 1 unspecified atom stereocenters. The minimum absolute atomic E-state index is 0.199. The molecule has 12 heavy (non-hydrogen) atoms. The Bertz CT molecular complexity index is 128. The first-order valence-electron chi connectivity index (χ1n) is 4.59. The number of carbonyl (C=O) groups excluding carboxylic acids is 1. The van der Waals surface area contributed by atoms with Crippen LogP contribution in [-0.4, -0.2) is 10.7 Å². The van der Waals surface area contributed by atoms with Gasteiger partial charge in [-0.15, -0.1) is 0 Å². The molecule has 0 aromatic heterocycles. The topological polar surface area (TPSA) is 43.1 Å². The third-order valence-corrected chi connectivity index (χ3v) is 2.74. The molecule has 0 aromatic rings. The zero-order chi connectivity index (χ0) is 9.40. The van der Waals surface area contributed by atoms with E-state index in [2.05, 4.69) is 22.9 Å². The molecule has 0 spiro atoms. The summed E-state index contributed by atoms with van der Waals surface area (Å²) in [6.45, 7) is 2.19. The van der Waals surface area contributed by atoms with Gasteiger partial charge in [-0.25, -0.2) is 0 Å². The molecule has 2 N–H and O–H groups in total. The summed E-state index contributed by atoms with van der Waals surface area (Å²) in [7, 11) is 0. The Morgan fingerprint density at radius 2 is 2.08 bits per heavy atom. The van der Waals surface area contributed by atoms with Gasteiger partial charge in [0.05, 0.1) is 0 Å². The predicted octanol–water partition coefficient (Wildman–Crippen LogP) is 2.60. The Balaban J connectivity index is 3.21. The Hall–Kier alpha value is -0.0500. The molecular formula is C9H18BrNO. The normalized spacial score (nSPS) is 12.8. The zero-order valence-corrected chi connectivity index (χ0v) is 9.27. The SMILES string of the molecule is CCCCCC(Br)CCC(N)=O. The van der Waals surface area contributed by atoms with Gasteiger partial charge in [0.25, 0.3) is 0 Å². The number of amides is 1. The van der Waals surface area contributed by atoms with E-state index in [0.29, 0.717) is 11.2 Å². The summed E-state index contributed by atoms with van der Waals surface area (Å²) in [5.74, 6) is -0.199. The summed E-state index contributed by atoms with van der Waals surface area (Å²) in [5.41, 5.74) is 5.04. The third kappa shape index (κ3) is 8.05. The minimum atomic E-state index is -0.199. The molecule has 0 aromatic carbocycles. The quantitative estimate of drug-likeness (QED) is 0.535. The fourth-order valence-electron chi connectivity index (χ4n) is 1.06. The highest BCUT2D eigenvalue weighted by molar-refractivity contribution is 9.09. The number of halogens is 1. The van der Waals surface area contributed by atoms with Crippen LogP contribution in [0.1, 0.15) is 45.4 Å². The van der Waals surface area contributed by atoms with E-state index in [1.807, 2.05) is 0 Å². The van der Waals surface area contributed by atoms with Crippen LogP contribution in [0.4, 0.5) is 0 Å². The lowest BCUT2D eigenvalue weighted by atomic mass is 10.1. The van der Waals surface area contributed by atoms with Crippen molar-refractivity contribution in [3.8, 4) is 0 Å². The molecule has 0 aliphatic carbocycles. The van der Waals surface area contributed by atoms with E-state index >= 15 is 0 Å². The largest absolute Gasteiger partial charge is 0.370 e. The van der Waals surface area contributed by atoms with Gasteiger partial charge in [-0.3, -0.25) is 4.79 Å². The summed E-state index contributed by atoms with van der Waals surface area (Å²) in [4.78, 5) is 10.9. The number of hydrogen-bond acceptors (Lipinski definition) is 1. The lowest BCUT2D eigenvalue weighted by Crippen LogP contribution is -2.12. The summed E-state index contributed by atoms with van der Waals surface area (Å²) in [6, 6.07) is 0. The number of rotatable bonds is 7. The van der Waals surface area contributed by atoms with Crippen LogP contribution >= 0.6 is 15.9 Å². The van der Waals surface area contributed by atoms with Crippen molar-refractivity contribution in [2.45, 2.75) is 50.3 Å². The van der Waals surface area contributed by atoms with Crippen molar-refractivity contribution < 1.29 is 4.79 Å². The van der Waals surface area contributed by atoms with Crippen LogP contribution in [0.5, 0.6) is 0 Å². The van der Waals surface area contributed by atoms with Crippen molar-refractivity contribution in [2.24, 2.45) is 5.73 Å². The molecule has 1 atom stereocenters. The standard InChI is InChI=1S/C9H18BrNO/c1-2-3-4-5-8(10)6-7-9(11)12/h8H,2-7H2,1H3,(H2,11,12). The minimum Gasteiger partial charge on any atom is -0.370 e. The molecule has 0 aliphatic heterocycles. The van der Waals surface area contributed by atoms with Crippen LogP contribution in [-0.2, 0) is 4.79 Å². The first-order valence-corrected chi connectivity index (χ1v) is 5.50. The second-order valence-corrected chi connectivity index (χ2v) is 4.39. The van der Waals surface area contributed by atoms with Crippen molar-refractivity contribution in [2.75, 3.05) is 0 Å². The molecule has 0 fully saturated rings. The summed E-state index contributed by atoms with van der Waals surface area (Å²) < 4.78 is 0. The van der Waals surface area contributed by atoms with Crippen molar-refractivity contribution in [1.82, 2.24) is 0 Å². The Morgan fingerprint density at radius 3 is 2.58 bits per heavy atom. The first kappa shape index (κ1) is 11.9. The molecule has 0 rings (SSSR count). The highest BCUT2D eigenvalue weighted by Gasteiger charge is 2.04. The van der Waals surface area contributed by atoms with Gasteiger partial charge in [0.15, 0.2) is 0 Å². The fraction of sp³-hybridized carbons (Fsp3) is 0.889. The average Bonchev–Trinajstić information content (AvgIpc) is 2.01. The molecule has 3 heteroatoms. The van der Waals surface area contributed by atoms with Crippen LogP contribution in [0, 0.1) is 0 Å². The van der Waals surface area contributed by atoms with E-state index < -0.39 is 0 Å². The van der Waals surface area contributed by atoms with Gasteiger partial charge in [0.2, 0.25) is 5.91 Å². The summed E-state index contributed by atoms with van der Waals surface area (Å²) in [6.07, 6.45) is 6.29. The number of unbranched alkanes of at least 4 members (excludes halogenated alkanes) is 2. The van der Waals surface area contributed by atoms with Crippen LogP contribution in [0.25, 0.3) is 0 Å². The molecule has 0 aliphatic rings. The van der Waals surface area contributed by atoms with Crippen molar-refractivity contribution in [1.29, 1.82) is 0 Å². The Kier molecular flexibility index (Phi) is 7.56. The van der Waals surface area contributed by atoms with Crippen LogP contribution < -0.4 is 5.73 Å². The van der Waals surface area contributed by atoms with Gasteiger partial charge < -0.3 is 5.73 Å². The maximum Gasteiger partial charge on any atom is 0.217 e. The predicted molar refractivity (Wildman–Crippen MR) is 55.3 cm³/mol. The number of alkyl halides is 1. The molecule has 0 radical (unpaired) electrons. The number of primary amides is 1. The van der Waals surface area contributed by atoms with Gasteiger partial charge in [-0.2, -0.15) is 0 Å². The molecule has 72 valence electrons. The smallest absolute Gasteiger partial charge is 0.217 e. The molecule has 0 saturated carbocycles. The van der Waals surface area contributed by atoms with Crippen LogP contribution in [0.3, 0.4) is 0 Å².